The second-order valence-electron chi connectivity index (χ2n) is 4.20. The summed E-state index contributed by atoms with van der Waals surface area (Å²) in [6, 6.07) is 14.1. The van der Waals surface area contributed by atoms with Crippen molar-refractivity contribution >= 4 is 15.9 Å². The van der Waals surface area contributed by atoms with E-state index in [4.69, 9.17) is 4.74 Å². The molecule has 3 heteroatoms. The number of nitrogens with one attached hydrogen (secondary N) is 1. The van der Waals surface area contributed by atoms with Crippen LogP contribution in [0.25, 0.3) is 0 Å². The maximum atomic E-state index is 5.91. The summed E-state index contributed by atoms with van der Waals surface area (Å²) in [5, 5.41) is 3.15. The summed E-state index contributed by atoms with van der Waals surface area (Å²) in [4.78, 5) is 0. The lowest BCUT2D eigenvalue weighted by atomic mass is 10.2. The molecule has 0 heterocycles. The highest BCUT2D eigenvalue weighted by Gasteiger charge is 2.05. The highest BCUT2D eigenvalue weighted by molar-refractivity contribution is 9.10. The van der Waals surface area contributed by atoms with Crippen molar-refractivity contribution in [3.8, 4) is 11.5 Å². The van der Waals surface area contributed by atoms with Gasteiger partial charge < -0.3 is 10.1 Å². The molecule has 1 N–H and O–H groups in total. The first-order valence-electron chi connectivity index (χ1n) is 5.86. The average Bonchev–Trinajstić information content (AvgIpc) is 2.36. The van der Waals surface area contributed by atoms with E-state index in [1.807, 2.05) is 43.4 Å². The molecule has 2 aromatic carbocycles. The van der Waals surface area contributed by atoms with Crippen molar-refractivity contribution in [2.24, 2.45) is 0 Å². The minimum Gasteiger partial charge on any atom is -0.457 e. The Hall–Kier alpha value is -1.32. The Morgan fingerprint density at radius 3 is 2.50 bits per heavy atom. The summed E-state index contributed by atoms with van der Waals surface area (Å²) in [7, 11) is 1.93. The van der Waals surface area contributed by atoms with Gasteiger partial charge in [-0.25, -0.2) is 0 Å². The Balaban J connectivity index is 2.25. The lowest BCUT2D eigenvalue weighted by Gasteiger charge is -2.11. The molecule has 18 heavy (non-hydrogen) atoms. The van der Waals surface area contributed by atoms with Crippen LogP contribution in [-0.4, -0.2) is 7.05 Å². The van der Waals surface area contributed by atoms with Crippen LogP contribution in [-0.2, 0) is 6.54 Å². The fourth-order valence-corrected chi connectivity index (χ4v) is 2.12. The van der Waals surface area contributed by atoms with Gasteiger partial charge in [-0.15, -0.1) is 0 Å². The largest absolute Gasteiger partial charge is 0.457 e. The van der Waals surface area contributed by atoms with Crippen LogP contribution < -0.4 is 10.1 Å². The standard InChI is InChI=1S/C15H16BrNO/c1-11-3-6-14(7-4-11)18-15-8-5-13(16)9-12(15)10-17-2/h3-9,17H,10H2,1-2H3. The summed E-state index contributed by atoms with van der Waals surface area (Å²) in [5.74, 6) is 1.75. The van der Waals surface area contributed by atoms with Gasteiger partial charge in [-0.05, 0) is 44.3 Å². The molecule has 2 aromatic rings. The Morgan fingerprint density at radius 1 is 1.11 bits per heavy atom. The lowest BCUT2D eigenvalue weighted by molar-refractivity contribution is 0.474. The van der Waals surface area contributed by atoms with Gasteiger partial charge in [0.05, 0.1) is 0 Å². The number of rotatable bonds is 4. The fourth-order valence-electron chi connectivity index (χ4n) is 1.71. The van der Waals surface area contributed by atoms with Crippen LogP contribution >= 0.6 is 15.9 Å². The number of ether oxygens (including phenoxy) is 1. The first-order valence-corrected chi connectivity index (χ1v) is 6.66. The molecule has 0 saturated carbocycles. The third kappa shape index (κ3) is 3.34. The fraction of sp³-hybridized carbons (Fsp3) is 0.200. The van der Waals surface area contributed by atoms with Gasteiger partial charge in [-0.2, -0.15) is 0 Å². The molecule has 2 nitrogen and oxygen atoms in total. The van der Waals surface area contributed by atoms with E-state index in [9.17, 15) is 0 Å². The van der Waals surface area contributed by atoms with Gasteiger partial charge in [0.15, 0.2) is 0 Å². The van der Waals surface area contributed by atoms with Crippen LogP contribution in [0.15, 0.2) is 46.9 Å². The SMILES string of the molecule is CNCc1cc(Br)ccc1Oc1ccc(C)cc1. The molecule has 0 aliphatic carbocycles. The van der Waals surface area contributed by atoms with Crippen LogP contribution in [0.5, 0.6) is 11.5 Å². The van der Waals surface area contributed by atoms with E-state index in [-0.39, 0.29) is 0 Å². The summed E-state index contributed by atoms with van der Waals surface area (Å²) >= 11 is 3.48. The van der Waals surface area contributed by atoms with Crippen molar-refractivity contribution in [3.05, 3.63) is 58.1 Å². The number of halogens is 1. The van der Waals surface area contributed by atoms with E-state index in [1.165, 1.54) is 5.56 Å². The minimum atomic E-state index is 0.778. The molecule has 0 aliphatic heterocycles. The van der Waals surface area contributed by atoms with E-state index in [2.05, 4.69) is 34.2 Å². The highest BCUT2D eigenvalue weighted by Crippen LogP contribution is 2.28. The zero-order valence-electron chi connectivity index (χ0n) is 10.5. The molecular weight excluding hydrogens is 290 g/mol. The van der Waals surface area contributed by atoms with E-state index in [1.54, 1.807) is 0 Å². The Labute approximate surface area is 116 Å². The highest BCUT2D eigenvalue weighted by atomic mass is 79.9. The summed E-state index contributed by atoms with van der Waals surface area (Å²) in [6.45, 7) is 2.84. The van der Waals surface area contributed by atoms with Gasteiger partial charge in [-0.1, -0.05) is 33.6 Å². The quantitative estimate of drug-likeness (QED) is 0.911. The molecule has 0 fully saturated rings. The molecule has 0 spiro atoms. The molecule has 0 bridgehead atoms. The van der Waals surface area contributed by atoms with Gasteiger partial charge in [0.2, 0.25) is 0 Å². The third-order valence-corrected chi connectivity index (χ3v) is 3.13. The Morgan fingerprint density at radius 2 is 1.83 bits per heavy atom. The predicted octanol–water partition coefficient (Wildman–Crippen LogP) is 4.27. The van der Waals surface area contributed by atoms with Crippen molar-refractivity contribution in [2.75, 3.05) is 7.05 Å². The molecule has 0 aliphatic rings. The van der Waals surface area contributed by atoms with Gasteiger partial charge in [0.25, 0.3) is 0 Å². The summed E-state index contributed by atoms with van der Waals surface area (Å²) in [5.41, 5.74) is 2.36. The van der Waals surface area contributed by atoms with Crippen molar-refractivity contribution in [1.29, 1.82) is 0 Å². The van der Waals surface area contributed by atoms with Crippen molar-refractivity contribution in [1.82, 2.24) is 5.32 Å². The number of aryl methyl sites for hydroxylation is 1. The van der Waals surface area contributed by atoms with Crippen LogP contribution in [0, 0.1) is 6.92 Å². The van der Waals surface area contributed by atoms with Gasteiger partial charge in [0.1, 0.15) is 11.5 Å². The molecule has 0 radical (unpaired) electrons. The average molecular weight is 306 g/mol. The number of benzene rings is 2. The molecule has 94 valence electrons. The van der Waals surface area contributed by atoms with Crippen LogP contribution in [0.2, 0.25) is 0 Å². The van der Waals surface area contributed by atoms with Crippen molar-refractivity contribution in [2.45, 2.75) is 13.5 Å². The maximum Gasteiger partial charge on any atom is 0.131 e. The Kier molecular flexibility index (Phi) is 4.39. The number of hydrogen-bond acceptors (Lipinski definition) is 2. The first kappa shape index (κ1) is 13.1. The minimum absolute atomic E-state index is 0.778. The van der Waals surface area contributed by atoms with Gasteiger partial charge in [0, 0.05) is 16.6 Å². The van der Waals surface area contributed by atoms with Gasteiger partial charge >= 0.3 is 0 Å². The second-order valence-corrected chi connectivity index (χ2v) is 5.11. The van der Waals surface area contributed by atoms with Crippen LogP contribution in [0.1, 0.15) is 11.1 Å². The molecule has 0 atom stereocenters. The van der Waals surface area contributed by atoms with Crippen LogP contribution in [0.3, 0.4) is 0 Å². The number of hydrogen-bond donors (Lipinski definition) is 1. The first-order chi connectivity index (χ1) is 8.69. The monoisotopic (exact) mass is 305 g/mol. The maximum absolute atomic E-state index is 5.91. The topological polar surface area (TPSA) is 21.3 Å². The smallest absolute Gasteiger partial charge is 0.131 e. The molecule has 2 rings (SSSR count). The summed E-state index contributed by atoms with van der Waals surface area (Å²) < 4.78 is 6.97. The normalized spacial score (nSPS) is 10.4. The molecule has 0 amide bonds. The van der Waals surface area contributed by atoms with Crippen molar-refractivity contribution < 1.29 is 4.74 Å². The van der Waals surface area contributed by atoms with E-state index < -0.39 is 0 Å². The Bertz CT molecular complexity index is 523. The summed E-state index contributed by atoms with van der Waals surface area (Å²) in [6.07, 6.45) is 0. The second kappa shape index (κ2) is 6.03. The van der Waals surface area contributed by atoms with E-state index in [0.29, 0.717) is 0 Å². The zero-order chi connectivity index (χ0) is 13.0. The predicted molar refractivity (Wildman–Crippen MR) is 78.2 cm³/mol. The molecule has 0 aromatic heterocycles. The van der Waals surface area contributed by atoms with Gasteiger partial charge in [-0.3, -0.25) is 0 Å². The molecule has 0 saturated heterocycles. The lowest BCUT2D eigenvalue weighted by Crippen LogP contribution is -2.06. The third-order valence-electron chi connectivity index (χ3n) is 2.64. The molecule has 0 unspecified atom stereocenters. The van der Waals surface area contributed by atoms with Crippen LogP contribution in [0.4, 0.5) is 0 Å². The van der Waals surface area contributed by atoms with E-state index in [0.717, 1.165) is 28.1 Å². The van der Waals surface area contributed by atoms with E-state index >= 15 is 0 Å². The zero-order valence-corrected chi connectivity index (χ0v) is 12.1. The van der Waals surface area contributed by atoms with Crippen molar-refractivity contribution in [3.63, 3.8) is 0 Å². The molecular formula is C15H16BrNO.